The molecule has 4 aromatic rings. The maximum Gasteiger partial charge on any atom is 0.282 e. The molecule has 5 rings (SSSR count). The molecule has 0 bridgehead atoms. The van der Waals surface area contributed by atoms with Crippen LogP contribution in [0.1, 0.15) is 49.4 Å². The predicted octanol–water partition coefficient (Wildman–Crippen LogP) is 6.11. The number of fused-ring (bicyclic) bond motifs is 1. The molecule has 1 heterocycles. The van der Waals surface area contributed by atoms with Crippen LogP contribution in [0.3, 0.4) is 0 Å². The Morgan fingerprint density at radius 3 is 2.57 bits per heavy atom. The number of carbonyl (C=O) groups excluding carboxylic acids is 1. The highest BCUT2D eigenvalue weighted by Crippen LogP contribution is 2.32. The van der Waals surface area contributed by atoms with Gasteiger partial charge in [-0.05, 0) is 73.0 Å². The van der Waals surface area contributed by atoms with Crippen molar-refractivity contribution in [3.05, 3.63) is 99.0 Å². The molecule has 1 saturated carbocycles. The molecule has 37 heavy (non-hydrogen) atoms. The molecule has 0 atom stereocenters. The molecule has 0 radical (unpaired) electrons. The van der Waals surface area contributed by atoms with Gasteiger partial charge >= 0.3 is 0 Å². The van der Waals surface area contributed by atoms with Gasteiger partial charge in [-0.3, -0.25) is 9.59 Å². The molecule has 1 aliphatic rings. The molecule has 1 N–H and O–H groups in total. The topological polar surface area (TPSA) is 85.6 Å². The standard InChI is InChI=1S/C29H27BrN4O3/c30-22-13-16-26-25(17-22)29(36)34(28(33-26)21-7-3-1-4-8-21)31-18-20-11-14-24(15-12-20)37-19-27(35)32-23-9-5-2-6-10-23/h2,5-6,9-18,21H,1,3-4,7-8,19H2,(H,32,35). The SMILES string of the molecule is O=C(COc1ccc(C=Nn2c(C3CCCCC3)nc3ccc(Br)cc3c2=O)cc1)Nc1ccccc1. The van der Waals surface area contributed by atoms with Crippen LogP contribution in [0.5, 0.6) is 5.75 Å². The lowest BCUT2D eigenvalue weighted by Crippen LogP contribution is -2.25. The molecule has 188 valence electrons. The van der Waals surface area contributed by atoms with Gasteiger partial charge in [0.1, 0.15) is 11.6 Å². The minimum absolute atomic E-state index is 0.0964. The summed E-state index contributed by atoms with van der Waals surface area (Å²) in [6, 6.07) is 22.0. The summed E-state index contributed by atoms with van der Waals surface area (Å²) >= 11 is 3.46. The van der Waals surface area contributed by atoms with E-state index in [-0.39, 0.29) is 24.0 Å². The number of nitrogens with one attached hydrogen (secondary N) is 1. The Morgan fingerprint density at radius 2 is 1.81 bits per heavy atom. The molecule has 0 aliphatic heterocycles. The highest BCUT2D eigenvalue weighted by Gasteiger charge is 2.22. The lowest BCUT2D eigenvalue weighted by molar-refractivity contribution is -0.118. The van der Waals surface area contributed by atoms with E-state index in [1.54, 1.807) is 24.4 Å². The summed E-state index contributed by atoms with van der Waals surface area (Å²) in [5, 5.41) is 7.90. The third-order valence-corrected chi connectivity index (χ3v) is 6.93. The smallest absolute Gasteiger partial charge is 0.282 e. The van der Waals surface area contributed by atoms with Crippen LogP contribution in [0.2, 0.25) is 0 Å². The molecular formula is C29H27BrN4O3. The Labute approximate surface area is 223 Å². The highest BCUT2D eigenvalue weighted by molar-refractivity contribution is 9.10. The van der Waals surface area contributed by atoms with Crippen molar-refractivity contribution in [2.75, 3.05) is 11.9 Å². The molecule has 7 nitrogen and oxygen atoms in total. The van der Waals surface area contributed by atoms with Crippen LogP contribution in [-0.2, 0) is 4.79 Å². The fourth-order valence-electron chi connectivity index (χ4n) is 4.54. The first-order chi connectivity index (χ1) is 18.1. The van der Waals surface area contributed by atoms with Gasteiger partial charge in [-0.2, -0.15) is 9.78 Å². The Hall–Kier alpha value is -3.78. The number of hydrogen-bond acceptors (Lipinski definition) is 5. The molecular weight excluding hydrogens is 532 g/mol. The first-order valence-electron chi connectivity index (χ1n) is 12.4. The van der Waals surface area contributed by atoms with E-state index in [1.807, 2.05) is 54.6 Å². The van der Waals surface area contributed by atoms with Crippen molar-refractivity contribution in [3.8, 4) is 5.75 Å². The fraction of sp³-hybridized carbons (Fsp3) is 0.241. The monoisotopic (exact) mass is 558 g/mol. The van der Waals surface area contributed by atoms with Gasteiger partial charge in [0.15, 0.2) is 6.61 Å². The van der Waals surface area contributed by atoms with Crippen LogP contribution in [0.15, 0.2) is 87.2 Å². The van der Waals surface area contributed by atoms with Gasteiger partial charge in [-0.15, -0.1) is 0 Å². The van der Waals surface area contributed by atoms with E-state index in [0.717, 1.165) is 47.2 Å². The first kappa shape index (κ1) is 24.9. The second-order valence-electron chi connectivity index (χ2n) is 9.10. The van der Waals surface area contributed by atoms with E-state index in [1.165, 1.54) is 11.1 Å². The second kappa shape index (κ2) is 11.5. The molecule has 3 aromatic carbocycles. The van der Waals surface area contributed by atoms with Crippen molar-refractivity contribution in [1.82, 2.24) is 9.66 Å². The number of para-hydroxylation sites is 1. The second-order valence-corrected chi connectivity index (χ2v) is 10.0. The van der Waals surface area contributed by atoms with Crippen LogP contribution in [0.4, 0.5) is 5.69 Å². The van der Waals surface area contributed by atoms with Gasteiger partial charge in [0.05, 0.1) is 17.1 Å². The zero-order chi connectivity index (χ0) is 25.6. The van der Waals surface area contributed by atoms with E-state index >= 15 is 0 Å². The molecule has 0 saturated heterocycles. The summed E-state index contributed by atoms with van der Waals surface area (Å²) in [6.45, 7) is -0.0964. The number of ether oxygens (including phenoxy) is 1. The van der Waals surface area contributed by atoms with Crippen molar-refractivity contribution >= 4 is 44.6 Å². The van der Waals surface area contributed by atoms with Crippen molar-refractivity contribution in [1.29, 1.82) is 0 Å². The summed E-state index contributed by atoms with van der Waals surface area (Å²) in [6.07, 6.45) is 7.15. The summed E-state index contributed by atoms with van der Waals surface area (Å²) in [4.78, 5) is 30.4. The van der Waals surface area contributed by atoms with Gasteiger partial charge in [0.25, 0.3) is 11.5 Å². The summed E-state index contributed by atoms with van der Waals surface area (Å²) in [7, 11) is 0. The number of amides is 1. The van der Waals surface area contributed by atoms with Crippen molar-refractivity contribution in [2.45, 2.75) is 38.0 Å². The molecule has 1 aliphatic carbocycles. The molecule has 1 aromatic heterocycles. The molecule has 1 fully saturated rings. The summed E-state index contributed by atoms with van der Waals surface area (Å²) < 4.78 is 7.90. The van der Waals surface area contributed by atoms with Crippen LogP contribution in [-0.4, -0.2) is 28.4 Å². The third-order valence-electron chi connectivity index (χ3n) is 6.43. The average molecular weight is 559 g/mol. The number of halogens is 1. The Morgan fingerprint density at radius 1 is 1.05 bits per heavy atom. The first-order valence-corrected chi connectivity index (χ1v) is 13.2. The molecule has 8 heteroatoms. The number of nitrogens with zero attached hydrogens (tertiary/aromatic N) is 3. The van der Waals surface area contributed by atoms with Gasteiger partial charge in [-0.1, -0.05) is 53.4 Å². The van der Waals surface area contributed by atoms with Crippen molar-refractivity contribution in [3.63, 3.8) is 0 Å². The number of anilines is 1. The Bertz CT molecular complexity index is 1480. The zero-order valence-corrected chi connectivity index (χ0v) is 21.9. The summed E-state index contributed by atoms with van der Waals surface area (Å²) in [5.74, 6) is 1.27. The Balaban J connectivity index is 1.33. The van der Waals surface area contributed by atoms with Crippen LogP contribution < -0.4 is 15.6 Å². The zero-order valence-electron chi connectivity index (χ0n) is 20.3. The van der Waals surface area contributed by atoms with Crippen LogP contribution >= 0.6 is 15.9 Å². The van der Waals surface area contributed by atoms with Gasteiger partial charge < -0.3 is 10.1 Å². The number of aromatic nitrogens is 2. The normalized spacial score (nSPS) is 14.2. The van der Waals surface area contributed by atoms with Crippen molar-refractivity contribution < 1.29 is 9.53 Å². The number of rotatable bonds is 7. The molecule has 1 amide bonds. The van der Waals surface area contributed by atoms with Crippen LogP contribution in [0.25, 0.3) is 10.9 Å². The van der Waals surface area contributed by atoms with Gasteiger partial charge in [0, 0.05) is 16.1 Å². The van der Waals surface area contributed by atoms with Gasteiger partial charge in [-0.25, -0.2) is 4.98 Å². The van der Waals surface area contributed by atoms with E-state index in [4.69, 9.17) is 9.72 Å². The van der Waals surface area contributed by atoms with E-state index < -0.39 is 0 Å². The largest absolute Gasteiger partial charge is 0.484 e. The van der Waals surface area contributed by atoms with Crippen molar-refractivity contribution in [2.24, 2.45) is 5.10 Å². The fourth-order valence-corrected chi connectivity index (χ4v) is 4.91. The van der Waals surface area contributed by atoms with E-state index in [2.05, 4.69) is 26.3 Å². The maximum absolute atomic E-state index is 13.4. The average Bonchev–Trinajstić information content (AvgIpc) is 2.93. The van der Waals surface area contributed by atoms with E-state index in [9.17, 15) is 9.59 Å². The predicted molar refractivity (Wildman–Crippen MR) is 150 cm³/mol. The number of hydrogen-bond donors (Lipinski definition) is 1. The summed E-state index contributed by atoms with van der Waals surface area (Å²) in [5.41, 5.74) is 2.04. The lowest BCUT2D eigenvalue weighted by atomic mass is 9.88. The minimum atomic E-state index is -0.234. The van der Waals surface area contributed by atoms with E-state index in [0.29, 0.717) is 16.7 Å². The lowest BCUT2D eigenvalue weighted by Gasteiger charge is -2.22. The quantitative estimate of drug-likeness (QED) is 0.277. The number of benzene rings is 3. The Kier molecular flexibility index (Phi) is 7.75. The van der Waals surface area contributed by atoms with Gasteiger partial charge in [0.2, 0.25) is 0 Å². The highest BCUT2D eigenvalue weighted by atomic mass is 79.9. The third kappa shape index (κ3) is 6.14. The maximum atomic E-state index is 13.4. The number of carbonyl (C=O) groups is 1. The van der Waals surface area contributed by atoms with Crippen LogP contribution in [0, 0.1) is 0 Å². The molecule has 0 spiro atoms. The molecule has 0 unspecified atom stereocenters. The minimum Gasteiger partial charge on any atom is -0.484 e.